The Hall–Kier alpha value is -2.44. The molecule has 5 nitrogen and oxygen atoms in total. The van der Waals surface area contributed by atoms with E-state index in [1.165, 1.54) is 15.9 Å². The molecule has 6 heteroatoms. The Morgan fingerprint density at radius 1 is 1.04 bits per heavy atom. The summed E-state index contributed by atoms with van der Waals surface area (Å²) >= 11 is 0. The summed E-state index contributed by atoms with van der Waals surface area (Å²) < 4.78 is 27.6. The number of nitrogens with zero attached hydrogens (tertiary/aromatic N) is 2. The van der Waals surface area contributed by atoms with E-state index in [0.29, 0.717) is 38.2 Å². The first kappa shape index (κ1) is 20.3. The van der Waals surface area contributed by atoms with Gasteiger partial charge >= 0.3 is 0 Å². The molecule has 0 aliphatic carbocycles. The van der Waals surface area contributed by atoms with Gasteiger partial charge in [-0.15, -0.1) is 0 Å². The maximum atomic E-state index is 13.0. The van der Waals surface area contributed by atoms with E-state index in [2.05, 4.69) is 36.1 Å². The van der Waals surface area contributed by atoms with Gasteiger partial charge in [-0.1, -0.05) is 42.8 Å². The molecule has 0 aromatic heterocycles. The largest absolute Gasteiger partial charge is 0.369 e. The van der Waals surface area contributed by atoms with Gasteiger partial charge in [0.2, 0.25) is 10.0 Å². The molecular formula is C22H26N2O3S. The lowest BCUT2D eigenvalue weighted by molar-refractivity contribution is -0.114. The van der Waals surface area contributed by atoms with E-state index in [0.717, 1.165) is 5.69 Å². The zero-order chi connectivity index (χ0) is 20.1. The second-order valence-corrected chi connectivity index (χ2v) is 8.89. The van der Waals surface area contributed by atoms with Crippen molar-refractivity contribution < 1.29 is 13.2 Å². The molecular weight excluding hydrogens is 372 g/mol. The molecule has 28 heavy (non-hydrogen) atoms. The van der Waals surface area contributed by atoms with Crippen molar-refractivity contribution in [2.45, 2.75) is 25.2 Å². The van der Waals surface area contributed by atoms with E-state index < -0.39 is 10.0 Å². The minimum absolute atomic E-state index is 0.0143. The Labute approximate surface area is 167 Å². The van der Waals surface area contributed by atoms with Crippen molar-refractivity contribution in [3.63, 3.8) is 0 Å². The number of allylic oxidation sites excluding steroid dienone is 1. The van der Waals surface area contributed by atoms with Gasteiger partial charge in [0.15, 0.2) is 5.78 Å². The number of piperazine rings is 1. The van der Waals surface area contributed by atoms with Crippen LogP contribution in [0.25, 0.3) is 6.08 Å². The smallest absolute Gasteiger partial charge is 0.243 e. The van der Waals surface area contributed by atoms with Crippen LogP contribution in [0, 0.1) is 6.92 Å². The zero-order valence-corrected chi connectivity index (χ0v) is 17.2. The lowest BCUT2D eigenvalue weighted by Crippen LogP contribution is -2.48. The van der Waals surface area contributed by atoms with Crippen molar-refractivity contribution in [1.82, 2.24) is 4.31 Å². The molecule has 1 aliphatic heterocycles. The van der Waals surface area contributed by atoms with Crippen molar-refractivity contribution in [2.24, 2.45) is 0 Å². The van der Waals surface area contributed by atoms with Crippen LogP contribution in [-0.4, -0.2) is 44.7 Å². The fourth-order valence-corrected chi connectivity index (χ4v) is 4.65. The molecule has 0 N–H and O–H groups in total. The number of carbonyl (C=O) groups is 1. The van der Waals surface area contributed by atoms with Gasteiger partial charge < -0.3 is 4.90 Å². The minimum atomic E-state index is -3.55. The van der Waals surface area contributed by atoms with Gasteiger partial charge in [-0.3, -0.25) is 4.79 Å². The average Bonchev–Trinajstić information content (AvgIpc) is 2.73. The number of hydrogen-bond acceptors (Lipinski definition) is 4. The van der Waals surface area contributed by atoms with E-state index in [1.807, 2.05) is 0 Å². The molecule has 1 heterocycles. The number of sulfonamides is 1. The fourth-order valence-electron chi connectivity index (χ4n) is 3.18. The molecule has 1 fully saturated rings. The Kier molecular flexibility index (Phi) is 6.31. The van der Waals surface area contributed by atoms with Crippen LogP contribution in [0.1, 0.15) is 24.5 Å². The molecule has 0 unspecified atom stereocenters. The summed E-state index contributed by atoms with van der Waals surface area (Å²) in [4.78, 5) is 13.9. The monoisotopic (exact) mass is 398 g/mol. The second kappa shape index (κ2) is 8.71. The molecule has 148 valence electrons. The first-order valence-corrected chi connectivity index (χ1v) is 11.0. The lowest BCUT2D eigenvalue weighted by Gasteiger charge is -2.35. The van der Waals surface area contributed by atoms with Crippen LogP contribution < -0.4 is 4.90 Å². The molecule has 1 saturated heterocycles. The molecule has 0 saturated carbocycles. The maximum Gasteiger partial charge on any atom is 0.243 e. The summed E-state index contributed by atoms with van der Waals surface area (Å²) in [6.07, 6.45) is 3.59. The molecule has 2 aromatic carbocycles. The van der Waals surface area contributed by atoms with Crippen LogP contribution in [0.15, 0.2) is 59.5 Å². The number of anilines is 1. The van der Waals surface area contributed by atoms with Crippen LogP contribution in [0.3, 0.4) is 0 Å². The lowest BCUT2D eigenvalue weighted by atomic mass is 10.2. The highest BCUT2D eigenvalue weighted by Gasteiger charge is 2.28. The van der Waals surface area contributed by atoms with E-state index in [4.69, 9.17) is 0 Å². The van der Waals surface area contributed by atoms with E-state index >= 15 is 0 Å². The standard InChI is InChI=1S/C22H26N2O3S/c1-3-21(25)12-9-19-5-4-6-22(17-19)28(26,27)24-15-13-23(14-16-24)20-10-7-18(2)8-11-20/h4-12,17H,3,13-16H2,1-2H3/b12-9+. The third-order valence-electron chi connectivity index (χ3n) is 4.94. The normalized spacial score (nSPS) is 15.9. The highest BCUT2D eigenvalue weighted by atomic mass is 32.2. The molecule has 0 spiro atoms. The van der Waals surface area contributed by atoms with Gasteiger partial charge in [0.1, 0.15) is 0 Å². The molecule has 0 bridgehead atoms. The third-order valence-corrected chi connectivity index (χ3v) is 6.84. The molecule has 0 radical (unpaired) electrons. The summed E-state index contributed by atoms with van der Waals surface area (Å²) in [7, 11) is -3.55. The second-order valence-electron chi connectivity index (χ2n) is 6.95. The minimum Gasteiger partial charge on any atom is -0.369 e. The molecule has 2 aromatic rings. The maximum absolute atomic E-state index is 13.0. The number of carbonyl (C=O) groups excluding carboxylic acids is 1. The van der Waals surface area contributed by atoms with Crippen molar-refractivity contribution >= 4 is 27.6 Å². The predicted molar refractivity (Wildman–Crippen MR) is 113 cm³/mol. The summed E-state index contributed by atoms with van der Waals surface area (Å²) in [5, 5.41) is 0. The van der Waals surface area contributed by atoms with E-state index in [1.54, 1.807) is 37.3 Å². The predicted octanol–water partition coefficient (Wildman–Crippen LogP) is 3.50. The van der Waals surface area contributed by atoms with Crippen molar-refractivity contribution in [3.8, 4) is 0 Å². The Morgan fingerprint density at radius 2 is 1.71 bits per heavy atom. The fraction of sp³-hybridized carbons (Fsp3) is 0.318. The van der Waals surface area contributed by atoms with Gasteiger partial charge in [-0.05, 0) is 42.8 Å². The van der Waals surface area contributed by atoms with Crippen LogP contribution in [-0.2, 0) is 14.8 Å². The zero-order valence-electron chi connectivity index (χ0n) is 16.3. The summed E-state index contributed by atoms with van der Waals surface area (Å²) in [5.41, 5.74) is 3.04. The Balaban J connectivity index is 1.71. The van der Waals surface area contributed by atoms with Gasteiger partial charge in [-0.25, -0.2) is 8.42 Å². The quantitative estimate of drug-likeness (QED) is 0.699. The number of aryl methyl sites for hydroxylation is 1. The number of rotatable bonds is 6. The first-order chi connectivity index (χ1) is 13.4. The topological polar surface area (TPSA) is 57.7 Å². The summed E-state index contributed by atoms with van der Waals surface area (Å²) in [6, 6.07) is 15.0. The molecule has 3 rings (SSSR count). The van der Waals surface area contributed by atoms with Crippen molar-refractivity contribution in [3.05, 3.63) is 65.7 Å². The molecule has 1 aliphatic rings. The SMILES string of the molecule is CCC(=O)/C=C/c1cccc(S(=O)(=O)N2CCN(c3ccc(C)cc3)CC2)c1. The van der Waals surface area contributed by atoms with Crippen LogP contribution in [0.4, 0.5) is 5.69 Å². The Bertz CT molecular complexity index is 958. The number of benzene rings is 2. The van der Waals surface area contributed by atoms with Crippen LogP contribution in [0.2, 0.25) is 0 Å². The van der Waals surface area contributed by atoms with Crippen LogP contribution in [0.5, 0.6) is 0 Å². The molecule has 0 amide bonds. The first-order valence-electron chi connectivity index (χ1n) is 9.53. The van der Waals surface area contributed by atoms with Crippen molar-refractivity contribution in [2.75, 3.05) is 31.1 Å². The third kappa shape index (κ3) is 4.69. The van der Waals surface area contributed by atoms with E-state index in [-0.39, 0.29) is 10.7 Å². The van der Waals surface area contributed by atoms with Crippen LogP contribution >= 0.6 is 0 Å². The van der Waals surface area contributed by atoms with Gasteiger partial charge in [0.25, 0.3) is 0 Å². The van der Waals surface area contributed by atoms with Gasteiger partial charge in [-0.2, -0.15) is 4.31 Å². The van der Waals surface area contributed by atoms with E-state index in [9.17, 15) is 13.2 Å². The summed E-state index contributed by atoms with van der Waals surface area (Å²) in [5.74, 6) is 0.0143. The number of ketones is 1. The molecule has 0 atom stereocenters. The van der Waals surface area contributed by atoms with Gasteiger partial charge in [0, 0.05) is 38.3 Å². The van der Waals surface area contributed by atoms with Crippen molar-refractivity contribution in [1.29, 1.82) is 0 Å². The number of hydrogen-bond donors (Lipinski definition) is 0. The highest BCUT2D eigenvalue weighted by molar-refractivity contribution is 7.89. The average molecular weight is 399 g/mol. The highest BCUT2D eigenvalue weighted by Crippen LogP contribution is 2.22. The van der Waals surface area contributed by atoms with Gasteiger partial charge in [0.05, 0.1) is 4.90 Å². The summed E-state index contributed by atoms with van der Waals surface area (Å²) in [6.45, 7) is 6.06. The Morgan fingerprint density at radius 3 is 2.36 bits per heavy atom.